The molecular formula is C16H26O2. The molecule has 0 aliphatic rings. The fraction of sp³-hybridized carbons (Fsp3) is 0.625. The lowest BCUT2D eigenvalue weighted by Gasteiger charge is -2.21. The van der Waals surface area contributed by atoms with Gasteiger partial charge in [0.2, 0.25) is 0 Å². The molecule has 0 aliphatic carbocycles. The van der Waals surface area contributed by atoms with Gasteiger partial charge in [0, 0.05) is 0 Å². The van der Waals surface area contributed by atoms with Gasteiger partial charge < -0.3 is 10.2 Å². The molecule has 1 rings (SSSR count). The van der Waals surface area contributed by atoms with E-state index in [1.54, 1.807) is 6.92 Å². The molecule has 2 N–H and O–H groups in total. The van der Waals surface area contributed by atoms with E-state index in [0.29, 0.717) is 18.3 Å². The largest absolute Gasteiger partial charge is 0.391 e. The van der Waals surface area contributed by atoms with Crippen molar-refractivity contribution in [1.82, 2.24) is 0 Å². The maximum atomic E-state index is 9.78. The smallest absolute Gasteiger partial charge is 0.0802 e. The molecule has 0 saturated carbocycles. The van der Waals surface area contributed by atoms with Crippen LogP contribution >= 0.6 is 0 Å². The Kier molecular flexibility index (Phi) is 5.83. The fourth-order valence-electron chi connectivity index (χ4n) is 2.18. The molecule has 0 amide bonds. The van der Waals surface area contributed by atoms with Gasteiger partial charge in [-0.1, -0.05) is 45.0 Å². The van der Waals surface area contributed by atoms with Gasteiger partial charge in [0.1, 0.15) is 0 Å². The van der Waals surface area contributed by atoms with Crippen LogP contribution in [0, 0.1) is 0 Å². The molecule has 3 atom stereocenters. The third-order valence-corrected chi connectivity index (χ3v) is 3.65. The van der Waals surface area contributed by atoms with Crippen LogP contribution in [-0.4, -0.2) is 22.4 Å². The predicted octanol–water partition coefficient (Wildman–Crippen LogP) is 3.44. The molecule has 0 bridgehead atoms. The summed E-state index contributed by atoms with van der Waals surface area (Å²) in [5, 5.41) is 19.2. The molecule has 2 nitrogen and oxygen atoms in total. The van der Waals surface area contributed by atoms with Crippen LogP contribution in [0.1, 0.15) is 63.5 Å². The third kappa shape index (κ3) is 4.11. The highest BCUT2D eigenvalue weighted by atomic mass is 16.3. The maximum absolute atomic E-state index is 9.78. The van der Waals surface area contributed by atoms with E-state index in [1.165, 1.54) is 11.1 Å². The van der Waals surface area contributed by atoms with Crippen molar-refractivity contribution in [3.63, 3.8) is 0 Å². The average Bonchev–Trinajstić information content (AvgIpc) is 2.35. The van der Waals surface area contributed by atoms with Gasteiger partial charge in [-0.25, -0.2) is 0 Å². The molecule has 0 spiro atoms. The number of benzene rings is 1. The van der Waals surface area contributed by atoms with Crippen LogP contribution < -0.4 is 0 Å². The van der Waals surface area contributed by atoms with Crippen LogP contribution in [0.3, 0.4) is 0 Å². The summed E-state index contributed by atoms with van der Waals surface area (Å²) in [5.74, 6) is 0.859. The first-order valence-corrected chi connectivity index (χ1v) is 6.91. The topological polar surface area (TPSA) is 40.5 Å². The number of aliphatic hydroxyl groups excluding tert-OH is 2. The lowest BCUT2D eigenvalue weighted by atomic mass is 9.88. The van der Waals surface area contributed by atoms with Crippen molar-refractivity contribution < 1.29 is 10.2 Å². The second-order valence-corrected chi connectivity index (χ2v) is 5.47. The monoisotopic (exact) mass is 250 g/mol. The quantitative estimate of drug-likeness (QED) is 0.812. The summed E-state index contributed by atoms with van der Waals surface area (Å²) in [6.07, 6.45) is 0.300. The molecule has 18 heavy (non-hydrogen) atoms. The highest BCUT2D eigenvalue weighted by Gasteiger charge is 2.18. The second kappa shape index (κ2) is 6.91. The summed E-state index contributed by atoms with van der Waals surface area (Å²) >= 11 is 0. The van der Waals surface area contributed by atoms with E-state index < -0.39 is 12.2 Å². The van der Waals surface area contributed by atoms with Gasteiger partial charge in [0.05, 0.1) is 12.2 Å². The van der Waals surface area contributed by atoms with E-state index in [2.05, 4.69) is 45.0 Å². The molecule has 3 unspecified atom stereocenters. The summed E-state index contributed by atoms with van der Waals surface area (Å²) in [6, 6.07) is 8.63. The first-order valence-electron chi connectivity index (χ1n) is 6.91. The summed E-state index contributed by atoms with van der Waals surface area (Å²) in [4.78, 5) is 0. The standard InChI is InChI=1S/C16H26O2/c1-5-13(10-16(18)12(4)17)15-8-6-14(7-9-15)11(2)3/h6-9,11-13,16-18H,5,10H2,1-4H3. The summed E-state index contributed by atoms with van der Waals surface area (Å²) in [5.41, 5.74) is 2.59. The van der Waals surface area contributed by atoms with Gasteiger partial charge in [-0.3, -0.25) is 0 Å². The van der Waals surface area contributed by atoms with Crippen LogP contribution in [0.5, 0.6) is 0 Å². The molecule has 0 aromatic heterocycles. The zero-order valence-electron chi connectivity index (χ0n) is 11.9. The van der Waals surface area contributed by atoms with Gasteiger partial charge >= 0.3 is 0 Å². The van der Waals surface area contributed by atoms with Crippen LogP contribution in [-0.2, 0) is 0 Å². The molecule has 0 saturated heterocycles. The zero-order valence-corrected chi connectivity index (χ0v) is 11.9. The van der Waals surface area contributed by atoms with E-state index in [1.807, 2.05) is 0 Å². The van der Waals surface area contributed by atoms with Crippen molar-refractivity contribution in [2.24, 2.45) is 0 Å². The minimum absolute atomic E-state index is 0.316. The summed E-state index contributed by atoms with van der Waals surface area (Å²) in [6.45, 7) is 8.13. The Morgan fingerprint density at radius 3 is 1.83 bits per heavy atom. The SMILES string of the molecule is CCC(CC(O)C(C)O)c1ccc(C(C)C)cc1. The molecule has 1 aromatic rings. The molecule has 2 heteroatoms. The molecule has 0 heterocycles. The molecule has 0 fully saturated rings. The average molecular weight is 250 g/mol. The number of hydrogen-bond donors (Lipinski definition) is 2. The minimum Gasteiger partial charge on any atom is -0.391 e. The Labute approximate surface area is 111 Å². The first-order chi connectivity index (χ1) is 8.45. The van der Waals surface area contributed by atoms with E-state index in [-0.39, 0.29) is 0 Å². The van der Waals surface area contributed by atoms with Crippen LogP contribution in [0.4, 0.5) is 0 Å². The second-order valence-electron chi connectivity index (χ2n) is 5.47. The van der Waals surface area contributed by atoms with Crippen molar-refractivity contribution in [1.29, 1.82) is 0 Å². The Hall–Kier alpha value is -0.860. The van der Waals surface area contributed by atoms with E-state index in [0.717, 1.165) is 6.42 Å². The van der Waals surface area contributed by atoms with Gasteiger partial charge in [-0.2, -0.15) is 0 Å². The maximum Gasteiger partial charge on any atom is 0.0802 e. The van der Waals surface area contributed by atoms with Crippen molar-refractivity contribution >= 4 is 0 Å². The highest BCUT2D eigenvalue weighted by molar-refractivity contribution is 5.27. The molecule has 1 aromatic carbocycles. The normalized spacial score (nSPS) is 16.6. The summed E-state index contributed by atoms with van der Waals surface area (Å²) < 4.78 is 0. The van der Waals surface area contributed by atoms with Crippen molar-refractivity contribution in [2.45, 2.75) is 64.6 Å². The lowest BCUT2D eigenvalue weighted by molar-refractivity contribution is 0.0215. The Balaban J connectivity index is 2.76. The van der Waals surface area contributed by atoms with Crippen molar-refractivity contribution in [3.05, 3.63) is 35.4 Å². The van der Waals surface area contributed by atoms with Gasteiger partial charge in [-0.15, -0.1) is 0 Å². The number of rotatable bonds is 6. The van der Waals surface area contributed by atoms with Crippen LogP contribution in [0.25, 0.3) is 0 Å². The van der Waals surface area contributed by atoms with Gasteiger partial charge in [-0.05, 0) is 42.7 Å². The van der Waals surface area contributed by atoms with E-state index in [4.69, 9.17) is 0 Å². The van der Waals surface area contributed by atoms with E-state index in [9.17, 15) is 10.2 Å². The molecular weight excluding hydrogens is 224 g/mol. The minimum atomic E-state index is -0.658. The Bertz CT molecular complexity index is 341. The molecule has 102 valence electrons. The lowest BCUT2D eigenvalue weighted by Crippen LogP contribution is -2.24. The Morgan fingerprint density at radius 1 is 0.944 bits per heavy atom. The number of hydrogen-bond acceptors (Lipinski definition) is 2. The van der Waals surface area contributed by atoms with Gasteiger partial charge in [0.25, 0.3) is 0 Å². The third-order valence-electron chi connectivity index (χ3n) is 3.65. The van der Waals surface area contributed by atoms with Crippen molar-refractivity contribution in [2.75, 3.05) is 0 Å². The van der Waals surface area contributed by atoms with Crippen LogP contribution in [0.2, 0.25) is 0 Å². The van der Waals surface area contributed by atoms with E-state index >= 15 is 0 Å². The number of aliphatic hydroxyl groups is 2. The fourth-order valence-corrected chi connectivity index (χ4v) is 2.18. The highest BCUT2D eigenvalue weighted by Crippen LogP contribution is 2.27. The molecule has 0 aliphatic heterocycles. The van der Waals surface area contributed by atoms with Crippen molar-refractivity contribution in [3.8, 4) is 0 Å². The first kappa shape index (κ1) is 15.2. The zero-order chi connectivity index (χ0) is 13.7. The Morgan fingerprint density at radius 2 is 1.44 bits per heavy atom. The molecule has 0 radical (unpaired) electrons. The predicted molar refractivity (Wildman–Crippen MR) is 75.9 cm³/mol. The van der Waals surface area contributed by atoms with Crippen LogP contribution in [0.15, 0.2) is 24.3 Å². The summed E-state index contributed by atoms with van der Waals surface area (Å²) in [7, 11) is 0. The van der Waals surface area contributed by atoms with Gasteiger partial charge in [0.15, 0.2) is 0 Å².